The normalized spacial score (nSPS) is 20.5. The van der Waals surface area contributed by atoms with Crippen molar-refractivity contribution in [2.24, 2.45) is 0 Å². The lowest BCUT2D eigenvalue weighted by Gasteiger charge is -2.30. The molecule has 1 rings (SSSR count). The molecule has 0 unspecified atom stereocenters. The molecule has 1 fully saturated rings. The van der Waals surface area contributed by atoms with E-state index in [1.165, 1.54) is 4.31 Å². The van der Waals surface area contributed by atoms with E-state index in [1.54, 1.807) is 0 Å². The molecule has 0 aromatic carbocycles. The van der Waals surface area contributed by atoms with E-state index in [0.29, 0.717) is 13.1 Å². The molecule has 6 heteroatoms. The van der Waals surface area contributed by atoms with Gasteiger partial charge in [-0.2, -0.15) is 17.4 Å². The van der Waals surface area contributed by atoms with Gasteiger partial charge in [-0.05, 0) is 12.8 Å². The quantitative estimate of drug-likeness (QED) is 0.720. The summed E-state index contributed by atoms with van der Waals surface area (Å²) < 4.78 is 28.1. The molecule has 1 aliphatic carbocycles. The number of aliphatic hydroxyl groups is 1. The zero-order valence-corrected chi connectivity index (χ0v) is 10.9. The second-order valence-corrected chi connectivity index (χ2v) is 6.01. The molecule has 0 aromatic rings. The van der Waals surface area contributed by atoms with Crippen LogP contribution in [0.3, 0.4) is 0 Å². The van der Waals surface area contributed by atoms with Crippen molar-refractivity contribution < 1.29 is 13.5 Å². The molecule has 0 heterocycles. The number of hydrogen-bond acceptors (Lipinski definition) is 3. The fourth-order valence-electron chi connectivity index (χ4n) is 2.25. The largest absolute Gasteiger partial charge is 0.394 e. The summed E-state index contributed by atoms with van der Waals surface area (Å²) in [4.78, 5) is 0. The lowest BCUT2D eigenvalue weighted by Crippen LogP contribution is -2.54. The number of rotatable bonds is 6. The maximum atomic E-state index is 12.0. The van der Waals surface area contributed by atoms with E-state index in [9.17, 15) is 13.5 Å². The van der Waals surface area contributed by atoms with Gasteiger partial charge in [0.15, 0.2) is 0 Å². The first-order chi connectivity index (χ1) is 7.49. The van der Waals surface area contributed by atoms with Crippen molar-refractivity contribution in [3.05, 3.63) is 0 Å². The van der Waals surface area contributed by atoms with Crippen LogP contribution in [0.5, 0.6) is 0 Å². The third-order valence-electron chi connectivity index (χ3n) is 3.25. The lowest BCUT2D eigenvalue weighted by atomic mass is 10.0. The Bertz CT molecular complexity index is 306. The van der Waals surface area contributed by atoms with E-state index < -0.39 is 15.7 Å². The standard InChI is InChI=1S/C10H22N2O3S/c1-3-12(4-2)16(14,15)11-10(9-13)7-5-6-8-10/h11,13H,3-9H2,1-2H3. The Balaban J connectivity index is 2.78. The molecule has 0 spiro atoms. The summed E-state index contributed by atoms with van der Waals surface area (Å²) in [5, 5.41) is 9.36. The van der Waals surface area contributed by atoms with Gasteiger partial charge in [0.1, 0.15) is 0 Å². The minimum Gasteiger partial charge on any atom is -0.394 e. The molecule has 1 saturated carbocycles. The zero-order chi connectivity index (χ0) is 12.2. The summed E-state index contributed by atoms with van der Waals surface area (Å²) in [6.45, 7) is 4.40. The molecule has 1 aliphatic rings. The predicted molar refractivity (Wildman–Crippen MR) is 63.3 cm³/mol. The highest BCUT2D eigenvalue weighted by Crippen LogP contribution is 2.30. The minimum absolute atomic E-state index is 0.118. The van der Waals surface area contributed by atoms with E-state index in [-0.39, 0.29) is 6.61 Å². The lowest BCUT2D eigenvalue weighted by molar-refractivity contribution is 0.183. The molecule has 96 valence electrons. The summed E-state index contributed by atoms with van der Waals surface area (Å²) in [7, 11) is -3.45. The number of nitrogens with one attached hydrogen (secondary N) is 1. The molecule has 0 aliphatic heterocycles. The maximum Gasteiger partial charge on any atom is 0.280 e. The van der Waals surface area contributed by atoms with Gasteiger partial charge in [-0.25, -0.2) is 0 Å². The van der Waals surface area contributed by atoms with Crippen LogP contribution in [-0.2, 0) is 10.2 Å². The highest BCUT2D eigenvalue weighted by molar-refractivity contribution is 7.87. The van der Waals surface area contributed by atoms with Gasteiger partial charge in [0.05, 0.1) is 12.1 Å². The Kier molecular flexibility index (Phi) is 4.73. The average Bonchev–Trinajstić information content (AvgIpc) is 2.67. The van der Waals surface area contributed by atoms with Crippen molar-refractivity contribution in [1.29, 1.82) is 0 Å². The molecule has 5 nitrogen and oxygen atoms in total. The fraction of sp³-hybridized carbons (Fsp3) is 1.00. The SMILES string of the molecule is CCN(CC)S(=O)(=O)NC1(CO)CCCC1. The Morgan fingerprint density at radius 3 is 2.12 bits per heavy atom. The highest BCUT2D eigenvalue weighted by Gasteiger charge is 2.38. The second-order valence-electron chi connectivity index (χ2n) is 4.34. The summed E-state index contributed by atoms with van der Waals surface area (Å²) in [5.41, 5.74) is -0.624. The molecule has 0 radical (unpaired) electrons. The van der Waals surface area contributed by atoms with Crippen LogP contribution in [0.2, 0.25) is 0 Å². The number of hydrogen-bond donors (Lipinski definition) is 2. The summed E-state index contributed by atoms with van der Waals surface area (Å²) in [6, 6.07) is 0. The van der Waals surface area contributed by atoms with Crippen LogP contribution in [0.15, 0.2) is 0 Å². The van der Waals surface area contributed by atoms with Gasteiger partial charge in [0, 0.05) is 13.1 Å². The molecular weight excluding hydrogens is 228 g/mol. The fourth-order valence-corrected chi connectivity index (χ4v) is 3.87. The van der Waals surface area contributed by atoms with Crippen LogP contribution in [-0.4, -0.2) is 43.1 Å². The molecule has 0 bridgehead atoms. The van der Waals surface area contributed by atoms with Crippen molar-refractivity contribution in [1.82, 2.24) is 9.03 Å². The zero-order valence-electron chi connectivity index (χ0n) is 10.1. The summed E-state index contributed by atoms with van der Waals surface area (Å²) in [6.07, 6.45) is 3.40. The summed E-state index contributed by atoms with van der Waals surface area (Å²) in [5.74, 6) is 0. The Hall–Kier alpha value is -0.170. The van der Waals surface area contributed by atoms with Gasteiger partial charge < -0.3 is 5.11 Å². The van der Waals surface area contributed by atoms with Gasteiger partial charge >= 0.3 is 0 Å². The maximum absolute atomic E-state index is 12.0. The first-order valence-electron chi connectivity index (χ1n) is 5.89. The van der Waals surface area contributed by atoms with Gasteiger partial charge in [-0.3, -0.25) is 0 Å². The van der Waals surface area contributed by atoms with Crippen molar-refractivity contribution >= 4 is 10.2 Å². The number of aliphatic hydroxyl groups excluding tert-OH is 1. The van der Waals surface area contributed by atoms with Gasteiger partial charge in [0.2, 0.25) is 0 Å². The molecule has 16 heavy (non-hydrogen) atoms. The molecule has 0 amide bonds. The van der Waals surface area contributed by atoms with Crippen molar-refractivity contribution in [3.8, 4) is 0 Å². The Morgan fingerprint density at radius 2 is 1.75 bits per heavy atom. The first-order valence-corrected chi connectivity index (χ1v) is 7.33. The number of nitrogens with zero attached hydrogens (tertiary/aromatic N) is 1. The molecule has 0 aromatic heterocycles. The van der Waals surface area contributed by atoms with E-state index in [1.807, 2.05) is 13.8 Å². The predicted octanol–water partition coefficient (Wildman–Crippen LogP) is 0.468. The van der Waals surface area contributed by atoms with E-state index in [2.05, 4.69) is 4.72 Å². The van der Waals surface area contributed by atoms with E-state index in [0.717, 1.165) is 25.7 Å². The monoisotopic (exact) mass is 250 g/mol. The van der Waals surface area contributed by atoms with Crippen LogP contribution < -0.4 is 4.72 Å². The minimum atomic E-state index is -3.45. The van der Waals surface area contributed by atoms with Crippen molar-refractivity contribution in [3.63, 3.8) is 0 Å². The third kappa shape index (κ3) is 2.94. The van der Waals surface area contributed by atoms with Crippen LogP contribution >= 0.6 is 0 Å². The summed E-state index contributed by atoms with van der Waals surface area (Å²) >= 11 is 0. The van der Waals surface area contributed by atoms with Gasteiger partial charge in [-0.1, -0.05) is 26.7 Å². The van der Waals surface area contributed by atoms with Crippen molar-refractivity contribution in [2.75, 3.05) is 19.7 Å². The van der Waals surface area contributed by atoms with Crippen LogP contribution in [0.4, 0.5) is 0 Å². The molecule has 2 N–H and O–H groups in total. The highest BCUT2D eigenvalue weighted by atomic mass is 32.2. The van der Waals surface area contributed by atoms with E-state index >= 15 is 0 Å². The third-order valence-corrected chi connectivity index (χ3v) is 5.14. The average molecular weight is 250 g/mol. The second kappa shape index (κ2) is 5.44. The molecule has 0 atom stereocenters. The van der Waals surface area contributed by atoms with Gasteiger partial charge in [0.25, 0.3) is 10.2 Å². The molecule has 0 saturated heterocycles. The van der Waals surface area contributed by atoms with E-state index in [4.69, 9.17) is 0 Å². The van der Waals surface area contributed by atoms with Crippen LogP contribution in [0.1, 0.15) is 39.5 Å². The van der Waals surface area contributed by atoms with Gasteiger partial charge in [-0.15, -0.1) is 0 Å². The topological polar surface area (TPSA) is 69.6 Å². The smallest absolute Gasteiger partial charge is 0.280 e. The van der Waals surface area contributed by atoms with Crippen LogP contribution in [0.25, 0.3) is 0 Å². The molecular formula is C10H22N2O3S. The first kappa shape index (κ1) is 13.9. The Morgan fingerprint density at radius 1 is 1.25 bits per heavy atom. The Labute approximate surface area is 98.0 Å². The van der Waals surface area contributed by atoms with Crippen LogP contribution in [0, 0.1) is 0 Å². The van der Waals surface area contributed by atoms with Crippen molar-refractivity contribution in [2.45, 2.75) is 45.1 Å².